The number of ether oxygens (including phenoxy) is 1. The number of methoxy groups -OCH3 is 1. The van der Waals surface area contributed by atoms with Gasteiger partial charge in [-0.15, -0.1) is 12.4 Å². The van der Waals surface area contributed by atoms with Crippen LogP contribution in [0.5, 0.6) is 5.75 Å². The third kappa shape index (κ3) is 4.18. The zero-order chi connectivity index (χ0) is 18.9. The van der Waals surface area contributed by atoms with Crippen LogP contribution in [0.4, 0.5) is 4.79 Å². The van der Waals surface area contributed by atoms with Crippen molar-refractivity contribution < 1.29 is 22.7 Å². The Labute approximate surface area is 164 Å². The van der Waals surface area contributed by atoms with Gasteiger partial charge in [-0.3, -0.25) is 10.1 Å². The molecule has 0 spiro atoms. The minimum absolute atomic E-state index is 0. The zero-order valence-corrected chi connectivity index (χ0v) is 16.6. The number of rotatable bonds is 5. The fourth-order valence-electron chi connectivity index (χ4n) is 3.21. The molecule has 11 heteroatoms. The number of sulfonamides is 1. The number of benzene rings is 1. The molecule has 1 aromatic carbocycles. The molecule has 9 nitrogen and oxygen atoms in total. The Bertz CT molecular complexity index is 841. The molecule has 1 aromatic rings. The fraction of sp³-hybridized carbons (Fsp3) is 0.500. The first-order chi connectivity index (χ1) is 12.3. The quantitative estimate of drug-likeness (QED) is 0.506. The monoisotopic (exact) mass is 418 g/mol. The van der Waals surface area contributed by atoms with Crippen LogP contribution in [0, 0.1) is 0 Å². The predicted octanol–water partition coefficient (Wildman–Crippen LogP) is 0.202. The number of imide groups is 1. The third-order valence-corrected chi connectivity index (χ3v) is 6.24. The van der Waals surface area contributed by atoms with Crippen molar-refractivity contribution in [1.29, 1.82) is 0 Å². The van der Waals surface area contributed by atoms with E-state index in [0.29, 0.717) is 18.6 Å². The van der Waals surface area contributed by atoms with Gasteiger partial charge in [-0.2, -0.15) is 0 Å². The van der Waals surface area contributed by atoms with Crippen LogP contribution < -0.4 is 25.4 Å². The molecule has 150 valence electrons. The maximum atomic E-state index is 12.8. The molecule has 0 aliphatic carbocycles. The van der Waals surface area contributed by atoms with Gasteiger partial charge >= 0.3 is 6.03 Å². The van der Waals surface area contributed by atoms with Crippen molar-refractivity contribution in [2.75, 3.05) is 20.2 Å². The van der Waals surface area contributed by atoms with Crippen LogP contribution in [0.1, 0.15) is 25.3 Å². The minimum atomic E-state index is -3.77. The van der Waals surface area contributed by atoms with E-state index in [2.05, 4.69) is 20.7 Å². The molecule has 1 unspecified atom stereocenters. The van der Waals surface area contributed by atoms with Gasteiger partial charge in [0.15, 0.2) is 0 Å². The summed E-state index contributed by atoms with van der Waals surface area (Å²) >= 11 is 0. The maximum absolute atomic E-state index is 12.8. The van der Waals surface area contributed by atoms with E-state index in [9.17, 15) is 18.0 Å². The Morgan fingerprint density at radius 3 is 2.44 bits per heavy atom. The van der Waals surface area contributed by atoms with Gasteiger partial charge in [0.05, 0.1) is 12.0 Å². The molecular formula is C16H23ClN4O5S. The van der Waals surface area contributed by atoms with Gasteiger partial charge in [0, 0.05) is 11.6 Å². The van der Waals surface area contributed by atoms with Crippen LogP contribution in [0.2, 0.25) is 0 Å². The summed E-state index contributed by atoms with van der Waals surface area (Å²) in [4.78, 5) is 23.8. The first-order valence-electron chi connectivity index (χ1n) is 8.31. The maximum Gasteiger partial charge on any atom is 0.322 e. The molecule has 4 N–H and O–H groups in total. The van der Waals surface area contributed by atoms with E-state index in [-0.39, 0.29) is 28.9 Å². The van der Waals surface area contributed by atoms with E-state index >= 15 is 0 Å². The van der Waals surface area contributed by atoms with E-state index in [1.165, 1.54) is 32.2 Å². The molecular weight excluding hydrogens is 396 g/mol. The second-order valence-electron chi connectivity index (χ2n) is 6.54. The molecule has 2 saturated heterocycles. The molecule has 0 aromatic heterocycles. The average Bonchev–Trinajstić information content (AvgIpc) is 2.87. The molecule has 2 heterocycles. The lowest BCUT2D eigenvalue weighted by atomic mass is 9.91. The number of carbonyl (C=O) groups is 2. The van der Waals surface area contributed by atoms with Crippen LogP contribution in [-0.4, -0.2) is 46.6 Å². The Kier molecular flexibility index (Phi) is 6.35. The number of hydrogen-bond acceptors (Lipinski definition) is 6. The number of nitrogens with one attached hydrogen (secondary N) is 4. The summed E-state index contributed by atoms with van der Waals surface area (Å²) in [6, 6.07) is 3.49. The Balaban J connectivity index is 0.00000261. The first kappa shape index (κ1) is 21.4. The summed E-state index contributed by atoms with van der Waals surface area (Å²) in [5.74, 6) is -0.257. The third-order valence-electron chi connectivity index (χ3n) is 4.73. The summed E-state index contributed by atoms with van der Waals surface area (Å²) in [5.41, 5.74) is -1.14. The molecule has 27 heavy (non-hydrogen) atoms. The van der Waals surface area contributed by atoms with Crippen molar-refractivity contribution in [3.05, 3.63) is 23.8 Å². The molecule has 0 bridgehead atoms. The summed E-state index contributed by atoms with van der Waals surface area (Å²) in [6.07, 6.45) is 1.41. The van der Waals surface area contributed by atoms with Crippen molar-refractivity contribution in [1.82, 2.24) is 20.7 Å². The van der Waals surface area contributed by atoms with E-state index < -0.39 is 27.5 Å². The summed E-state index contributed by atoms with van der Waals surface area (Å²) < 4.78 is 33.5. The van der Waals surface area contributed by atoms with Crippen LogP contribution in [0.15, 0.2) is 23.1 Å². The van der Waals surface area contributed by atoms with Crippen molar-refractivity contribution in [3.8, 4) is 5.75 Å². The highest BCUT2D eigenvalue weighted by Gasteiger charge is 2.45. The second kappa shape index (κ2) is 8.01. The molecule has 2 aliphatic rings. The van der Waals surface area contributed by atoms with Gasteiger partial charge in [-0.1, -0.05) is 0 Å². The van der Waals surface area contributed by atoms with Crippen molar-refractivity contribution in [3.63, 3.8) is 0 Å². The number of carbonyl (C=O) groups excluding carboxylic acids is 2. The number of amides is 3. The molecule has 2 fully saturated rings. The summed E-state index contributed by atoms with van der Waals surface area (Å²) in [7, 11) is -2.36. The van der Waals surface area contributed by atoms with Crippen molar-refractivity contribution in [2.45, 2.75) is 36.2 Å². The highest BCUT2D eigenvalue weighted by molar-refractivity contribution is 7.89. The Morgan fingerprint density at radius 2 is 1.89 bits per heavy atom. The van der Waals surface area contributed by atoms with Gasteiger partial charge in [-0.25, -0.2) is 17.9 Å². The number of urea groups is 1. The number of piperidine rings is 1. The summed E-state index contributed by atoms with van der Waals surface area (Å²) in [6.45, 7) is 3.01. The Hall–Kier alpha value is -1.88. The van der Waals surface area contributed by atoms with E-state index in [0.717, 1.165) is 13.1 Å². The zero-order valence-electron chi connectivity index (χ0n) is 15.0. The lowest BCUT2D eigenvalue weighted by molar-refractivity contribution is -0.123. The first-order valence-corrected chi connectivity index (χ1v) is 9.80. The standard InChI is InChI=1S/C16H22N4O5S.ClH/c1-16(14(21)18-15(22)19-16)12-9-11(3-4-13(12)25-2)26(23,24)20-10-5-7-17-8-6-10;/h3-4,9-10,17,20H,5-8H2,1-2H3,(H2,18,19,21,22);1H. The minimum Gasteiger partial charge on any atom is -0.496 e. The Morgan fingerprint density at radius 1 is 1.22 bits per heavy atom. The van der Waals surface area contributed by atoms with Crippen LogP contribution in [0.3, 0.4) is 0 Å². The molecule has 0 radical (unpaired) electrons. The highest BCUT2D eigenvalue weighted by atomic mass is 35.5. The van der Waals surface area contributed by atoms with Crippen molar-refractivity contribution in [2.24, 2.45) is 0 Å². The van der Waals surface area contributed by atoms with Gasteiger partial charge in [-0.05, 0) is 51.1 Å². The molecule has 2 aliphatic heterocycles. The predicted molar refractivity (Wildman–Crippen MR) is 100 cm³/mol. The van der Waals surface area contributed by atoms with Gasteiger partial charge in [0.25, 0.3) is 5.91 Å². The molecule has 0 saturated carbocycles. The molecule has 1 atom stereocenters. The lowest BCUT2D eigenvalue weighted by Gasteiger charge is -2.26. The largest absolute Gasteiger partial charge is 0.496 e. The number of hydrogen-bond donors (Lipinski definition) is 4. The van der Waals surface area contributed by atoms with Gasteiger partial charge in [0.1, 0.15) is 11.3 Å². The van der Waals surface area contributed by atoms with Crippen LogP contribution in [-0.2, 0) is 20.4 Å². The van der Waals surface area contributed by atoms with Crippen LogP contribution in [0.25, 0.3) is 0 Å². The van der Waals surface area contributed by atoms with Crippen molar-refractivity contribution >= 4 is 34.4 Å². The highest BCUT2D eigenvalue weighted by Crippen LogP contribution is 2.34. The van der Waals surface area contributed by atoms with Gasteiger partial charge < -0.3 is 15.4 Å². The average molecular weight is 419 g/mol. The normalized spacial score (nSPS) is 23.3. The number of halogens is 1. The molecule has 3 rings (SSSR count). The van der Waals surface area contributed by atoms with E-state index in [4.69, 9.17) is 4.74 Å². The van der Waals surface area contributed by atoms with E-state index in [1.807, 2.05) is 0 Å². The van der Waals surface area contributed by atoms with E-state index in [1.54, 1.807) is 0 Å². The summed E-state index contributed by atoms with van der Waals surface area (Å²) in [5, 5.41) is 7.87. The lowest BCUT2D eigenvalue weighted by Crippen LogP contribution is -2.43. The smallest absolute Gasteiger partial charge is 0.322 e. The molecule has 3 amide bonds. The topological polar surface area (TPSA) is 126 Å². The SMILES string of the molecule is COc1ccc(S(=O)(=O)NC2CCNCC2)cc1C1(C)NC(=O)NC1=O.Cl. The van der Waals surface area contributed by atoms with Gasteiger partial charge in [0.2, 0.25) is 10.0 Å². The second-order valence-corrected chi connectivity index (χ2v) is 8.25. The fourth-order valence-corrected chi connectivity index (χ4v) is 4.54. The van der Waals surface area contributed by atoms with Crippen LogP contribution >= 0.6 is 12.4 Å².